The Morgan fingerprint density at radius 3 is 2.33 bits per heavy atom. The number of ether oxygens (including phenoxy) is 2. The molecule has 0 saturated carbocycles. The molecule has 0 radical (unpaired) electrons. The number of hydrogen-bond donors (Lipinski definition) is 0. The average molecular weight is 272 g/mol. The van der Waals surface area contributed by atoms with Crippen molar-refractivity contribution >= 4 is 10.1 Å². The molecule has 0 heterocycles. The van der Waals surface area contributed by atoms with Crippen LogP contribution in [0.2, 0.25) is 0 Å². The zero-order valence-electron chi connectivity index (χ0n) is 10.6. The largest absolute Gasteiger partial charge is 0.493 e. The van der Waals surface area contributed by atoms with E-state index in [1.807, 2.05) is 12.1 Å². The van der Waals surface area contributed by atoms with E-state index in [9.17, 15) is 8.42 Å². The molecule has 100 valence electrons. The van der Waals surface area contributed by atoms with Crippen LogP contribution in [0.3, 0.4) is 0 Å². The molecule has 18 heavy (non-hydrogen) atoms. The van der Waals surface area contributed by atoms with E-state index < -0.39 is 10.1 Å². The van der Waals surface area contributed by atoms with Crippen molar-refractivity contribution in [2.45, 2.75) is 12.3 Å². The van der Waals surface area contributed by atoms with Crippen LogP contribution in [0.1, 0.15) is 17.0 Å². The van der Waals surface area contributed by atoms with Gasteiger partial charge in [0.2, 0.25) is 0 Å². The van der Waals surface area contributed by atoms with Gasteiger partial charge in [-0.15, -0.1) is 0 Å². The van der Waals surface area contributed by atoms with Crippen molar-refractivity contribution in [3.05, 3.63) is 23.3 Å². The summed E-state index contributed by atoms with van der Waals surface area (Å²) in [6.07, 6.45) is 0.721. The zero-order valence-corrected chi connectivity index (χ0v) is 11.4. The lowest BCUT2D eigenvalue weighted by atomic mass is 9.78. The van der Waals surface area contributed by atoms with E-state index in [-0.39, 0.29) is 11.7 Å². The number of hydrogen-bond acceptors (Lipinski definition) is 5. The number of benzene rings is 1. The Morgan fingerprint density at radius 2 is 1.78 bits per heavy atom. The maximum Gasteiger partial charge on any atom is 0.267 e. The van der Waals surface area contributed by atoms with Crippen LogP contribution in [0.4, 0.5) is 0 Å². The zero-order chi connectivity index (χ0) is 13.3. The Kier molecular flexibility index (Phi) is 3.49. The van der Waals surface area contributed by atoms with Crippen molar-refractivity contribution in [3.63, 3.8) is 0 Å². The lowest BCUT2D eigenvalue weighted by Gasteiger charge is -2.30. The van der Waals surface area contributed by atoms with Crippen LogP contribution in [0.15, 0.2) is 12.1 Å². The molecule has 1 aromatic carbocycles. The van der Waals surface area contributed by atoms with E-state index in [0.717, 1.165) is 17.5 Å². The lowest BCUT2D eigenvalue weighted by molar-refractivity contribution is 0.352. The van der Waals surface area contributed by atoms with Gasteiger partial charge in [-0.2, -0.15) is 8.42 Å². The number of rotatable bonds is 5. The van der Waals surface area contributed by atoms with Gasteiger partial charge in [0.25, 0.3) is 10.1 Å². The SMILES string of the molecule is COc1cc2c(cc1OC)[C@@H](CS(=O)(=O)OC)C2. The van der Waals surface area contributed by atoms with E-state index >= 15 is 0 Å². The molecule has 2 rings (SSSR count). The fourth-order valence-corrected chi connectivity index (χ4v) is 3.13. The third-order valence-electron chi connectivity index (χ3n) is 3.21. The molecule has 0 amide bonds. The standard InChI is InChI=1S/C12H16O5S/c1-15-11-5-8-4-9(7-18(13,14)17-3)10(8)6-12(11)16-2/h5-6,9H,4,7H2,1-3H3/t9-/m1/s1. The Bertz CT molecular complexity index is 550. The number of fused-ring (bicyclic) bond motifs is 1. The topological polar surface area (TPSA) is 61.8 Å². The fraction of sp³-hybridized carbons (Fsp3) is 0.500. The van der Waals surface area contributed by atoms with E-state index in [1.165, 1.54) is 7.11 Å². The molecule has 1 aromatic rings. The molecule has 5 nitrogen and oxygen atoms in total. The van der Waals surface area contributed by atoms with Crippen molar-refractivity contribution in [1.29, 1.82) is 0 Å². The third-order valence-corrected chi connectivity index (χ3v) is 4.53. The fourth-order valence-electron chi connectivity index (χ4n) is 2.20. The summed E-state index contributed by atoms with van der Waals surface area (Å²) in [4.78, 5) is 0. The van der Waals surface area contributed by atoms with Crippen LogP contribution in [-0.2, 0) is 20.7 Å². The molecule has 0 aliphatic heterocycles. The first-order valence-corrected chi connectivity index (χ1v) is 7.11. The predicted octanol–water partition coefficient (Wildman–Crippen LogP) is 1.32. The van der Waals surface area contributed by atoms with Crippen LogP contribution in [-0.4, -0.2) is 35.5 Å². The van der Waals surface area contributed by atoms with Crippen LogP contribution in [0.25, 0.3) is 0 Å². The molecular formula is C12H16O5S. The molecule has 0 aromatic heterocycles. The summed E-state index contributed by atoms with van der Waals surface area (Å²) in [6.45, 7) is 0. The highest BCUT2D eigenvalue weighted by atomic mass is 32.2. The van der Waals surface area contributed by atoms with Gasteiger partial charge in [0.1, 0.15) is 0 Å². The summed E-state index contributed by atoms with van der Waals surface area (Å²) < 4.78 is 37.7. The molecule has 0 bridgehead atoms. The molecule has 6 heteroatoms. The van der Waals surface area contributed by atoms with Gasteiger partial charge in [0, 0.05) is 5.92 Å². The highest BCUT2D eigenvalue weighted by Crippen LogP contribution is 2.42. The van der Waals surface area contributed by atoms with Crippen molar-refractivity contribution in [3.8, 4) is 11.5 Å². The molecule has 0 N–H and O–H groups in total. The van der Waals surface area contributed by atoms with Gasteiger partial charge in [0.05, 0.1) is 27.1 Å². The summed E-state index contributed by atoms with van der Waals surface area (Å²) >= 11 is 0. The van der Waals surface area contributed by atoms with E-state index in [1.54, 1.807) is 14.2 Å². The Morgan fingerprint density at radius 1 is 1.17 bits per heavy atom. The van der Waals surface area contributed by atoms with Crippen LogP contribution in [0.5, 0.6) is 11.5 Å². The lowest BCUT2D eigenvalue weighted by Crippen LogP contribution is -2.25. The smallest absolute Gasteiger partial charge is 0.267 e. The molecule has 0 spiro atoms. The maximum atomic E-state index is 11.4. The minimum absolute atomic E-state index is 0.00594. The number of methoxy groups -OCH3 is 2. The maximum absolute atomic E-state index is 11.4. The van der Waals surface area contributed by atoms with Crippen molar-refractivity contribution in [2.24, 2.45) is 0 Å². The normalized spacial score (nSPS) is 17.8. The van der Waals surface area contributed by atoms with Crippen molar-refractivity contribution in [2.75, 3.05) is 27.1 Å². The molecule has 1 aliphatic carbocycles. The van der Waals surface area contributed by atoms with Crippen molar-refractivity contribution in [1.82, 2.24) is 0 Å². The highest BCUT2D eigenvalue weighted by Gasteiger charge is 2.32. The van der Waals surface area contributed by atoms with Gasteiger partial charge in [0.15, 0.2) is 11.5 Å². The van der Waals surface area contributed by atoms with E-state index in [4.69, 9.17) is 9.47 Å². The molecular weight excluding hydrogens is 256 g/mol. The first kappa shape index (κ1) is 13.2. The molecule has 0 unspecified atom stereocenters. The highest BCUT2D eigenvalue weighted by molar-refractivity contribution is 7.86. The first-order valence-electron chi connectivity index (χ1n) is 5.54. The molecule has 1 atom stereocenters. The van der Waals surface area contributed by atoms with Crippen LogP contribution in [0, 0.1) is 0 Å². The van der Waals surface area contributed by atoms with Gasteiger partial charge in [-0.05, 0) is 29.7 Å². The molecule has 0 fully saturated rings. The van der Waals surface area contributed by atoms with Crippen molar-refractivity contribution < 1.29 is 22.1 Å². The summed E-state index contributed by atoms with van der Waals surface area (Å²) in [6, 6.07) is 3.73. The second-order valence-corrected chi connectivity index (χ2v) is 5.98. The Balaban J connectivity index is 2.25. The van der Waals surface area contributed by atoms with Gasteiger partial charge >= 0.3 is 0 Å². The minimum Gasteiger partial charge on any atom is -0.493 e. The van der Waals surface area contributed by atoms with Gasteiger partial charge < -0.3 is 9.47 Å². The summed E-state index contributed by atoms with van der Waals surface area (Å²) in [5, 5.41) is 0. The second-order valence-electron chi connectivity index (χ2n) is 4.20. The molecule has 1 aliphatic rings. The summed E-state index contributed by atoms with van der Waals surface area (Å²) in [5.74, 6) is 1.27. The predicted molar refractivity (Wildman–Crippen MR) is 66.8 cm³/mol. The third kappa shape index (κ3) is 2.30. The average Bonchev–Trinajstić information content (AvgIpc) is 2.35. The Labute approximate surface area is 107 Å². The van der Waals surface area contributed by atoms with Crippen LogP contribution < -0.4 is 9.47 Å². The molecule has 0 saturated heterocycles. The summed E-state index contributed by atoms with van der Waals surface area (Å²) in [7, 11) is 0.893. The monoisotopic (exact) mass is 272 g/mol. The van der Waals surface area contributed by atoms with Gasteiger partial charge in [-0.25, -0.2) is 0 Å². The van der Waals surface area contributed by atoms with Gasteiger partial charge in [-0.1, -0.05) is 0 Å². The van der Waals surface area contributed by atoms with E-state index in [2.05, 4.69) is 4.18 Å². The van der Waals surface area contributed by atoms with E-state index in [0.29, 0.717) is 11.5 Å². The quantitative estimate of drug-likeness (QED) is 0.756. The summed E-state index contributed by atoms with van der Waals surface area (Å²) in [5.41, 5.74) is 2.09. The second kappa shape index (κ2) is 4.78. The van der Waals surface area contributed by atoms with Gasteiger partial charge in [-0.3, -0.25) is 4.18 Å². The van der Waals surface area contributed by atoms with Crippen LogP contribution >= 0.6 is 0 Å². The minimum atomic E-state index is -3.43. The Hall–Kier alpha value is -1.27. The first-order chi connectivity index (χ1) is 8.50.